The van der Waals surface area contributed by atoms with Gasteiger partial charge in [0.25, 0.3) is 5.91 Å². The number of nitrogens with one attached hydrogen (secondary N) is 1. The second-order valence-corrected chi connectivity index (χ2v) is 10.6. The van der Waals surface area contributed by atoms with E-state index in [1.807, 2.05) is 48.5 Å². The Kier molecular flexibility index (Phi) is 8.22. The van der Waals surface area contributed by atoms with Crippen LogP contribution in [0.5, 0.6) is 0 Å². The van der Waals surface area contributed by atoms with E-state index in [2.05, 4.69) is 46.6 Å². The predicted octanol–water partition coefficient (Wildman–Crippen LogP) is 5.86. The first-order valence-electron chi connectivity index (χ1n) is 13.3. The third-order valence-corrected chi connectivity index (χ3v) is 8.00. The van der Waals surface area contributed by atoms with Crippen LogP contribution in [0.3, 0.4) is 0 Å². The number of carbonyl (C=O) groups excluding carboxylic acids is 2. The van der Waals surface area contributed by atoms with Crippen molar-refractivity contribution in [3.63, 3.8) is 0 Å². The molecule has 5 nitrogen and oxygen atoms in total. The van der Waals surface area contributed by atoms with Gasteiger partial charge in [0.15, 0.2) is 0 Å². The van der Waals surface area contributed by atoms with Crippen LogP contribution in [-0.4, -0.2) is 54.0 Å². The molecule has 0 spiro atoms. The minimum atomic E-state index is -0.521. The maximum Gasteiger partial charge on any atom is 0.324 e. The minimum Gasteiger partial charge on any atom is -0.325 e. The first-order chi connectivity index (χ1) is 18.1. The average Bonchev–Trinajstić information content (AvgIpc) is 3.19. The molecule has 3 amide bonds. The van der Waals surface area contributed by atoms with E-state index < -0.39 is 6.04 Å². The summed E-state index contributed by atoms with van der Waals surface area (Å²) >= 11 is 6.33. The van der Waals surface area contributed by atoms with E-state index in [1.165, 1.54) is 10.5 Å². The van der Waals surface area contributed by atoms with Gasteiger partial charge in [-0.15, -0.1) is 0 Å². The molecule has 0 bridgehead atoms. The number of benzene rings is 3. The fourth-order valence-corrected chi connectivity index (χ4v) is 5.83. The van der Waals surface area contributed by atoms with Crippen LogP contribution >= 0.6 is 11.6 Å². The van der Waals surface area contributed by atoms with Crippen LogP contribution in [0.2, 0.25) is 5.02 Å². The molecule has 2 saturated heterocycles. The molecule has 3 aromatic rings. The van der Waals surface area contributed by atoms with Gasteiger partial charge in [-0.2, -0.15) is 0 Å². The molecule has 2 aliphatic heterocycles. The fourth-order valence-electron chi connectivity index (χ4n) is 5.64. The lowest BCUT2D eigenvalue weighted by Gasteiger charge is -2.33. The molecule has 37 heavy (non-hydrogen) atoms. The SMILES string of the molecule is O=C1N[C@H](Cc2ccccc2)C(=O)N1CC(CCN1CCC(c2ccccc2)CC1)c1cccc(Cl)c1. The molecule has 1 N–H and O–H groups in total. The molecule has 0 aromatic heterocycles. The van der Waals surface area contributed by atoms with E-state index >= 15 is 0 Å². The van der Waals surface area contributed by atoms with Crippen molar-refractivity contribution < 1.29 is 9.59 Å². The summed E-state index contributed by atoms with van der Waals surface area (Å²) < 4.78 is 0. The Bertz CT molecular complexity index is 1200. The monoisotopic (exact) mass is 515 g/mol. The number of likely N-dealkylation sites (tertiary alicyclic amines) is 1. The maximum absolute atomic E-state index is 13.2. The molecular weight excluding hydrogens is 482 g/mol. The van der Waals surface area contributed by atoms with Gasteiger partial charge in [0, 0.05) is 23.9 Å². The zero-order valence-electron chi connectivity index (χ0n) is 21.1. The summed E-state index contributed by atoms with van der Waals surface area (Å²) in [5.41, 5.74) is 3.54. The molecule has 0 saturated carbocycles. The summed E-state index contributed by atoms with van der Waals surface area (Å²) in [4.78, 5) is 30.0. The lowest BCUT2D eigenvalue weighted by Crippen LogP contribution is -2.38. The Morgan fingerprint density at radius 1 is 0.892 bits per heavy atom. The standard InChI is InChI=1S/C31H34ClN3O2/c32-28-13-7-12-26(21-28)27(16-19-34-17-14-25(15-18-34)24-10-5-2-6-11-24)22-35-30(36)29(33-31(35)37)20-23-8-3-1-4-9-23/h1-13,21,25,27,29H,14-20,22H2,(H,33,37)/t27?,29-/m1/s1. The van der Waals surface area contributed by atoms with Gasteiger partial charge in [0.05, 0.1) is 0 Å². The smallest absolute Gasteiger partial charge is 0.324 e. The zero-order chi connectivity index (χ0) is 25.6. The number of nitrogens with zero attached hydrogens (tertiary/aromatic N) is 2. The van der Waals surface area contributed by atoms with Gasteiger partial charge in [-0.3, -0.25) is 9.69 Å². The second-order valence-electron chi connectivity index (χ2n) is 10.2. The highest BCUT2D eigenvalue weighted by Crippen LogP contribution is 2.30. The van der Waals surface area contributed by atoms with E-state index in [-0.39, 0.29) is 17.9 Å². The molecule has 192 valence electrons. The lowest BCUT2D eigenvalue weighted by atomic mass is 9.89. The number of amides is 3. The first-order valence-corrected chi connectivity index (χ1v) is 13.6. The third-order valence-electron chi connectivity index (χ3n) is 7.77. The number of carbonyl (C=O) groups is 2. The van der Waals surface area contributed by atoms with E-state index in [9.17, 15) is 9.59 Å². The van der Waals surface area contributed by atoms with Crippen molar-refractivity contribution in [1.29, 1.82) is 0 Å². The molecule has 0 aliphatic carbocycles. The number of halogens is 1. The number of hydrogen-bond donors (Lipinski definition) is 1. The molecule has 2 fully saturated rings. The van der Waals surface area contributed by atoms with Crippen LogP contribution in [0.1, 0.15) is 47.8 Å². The molecule has 5 rings (SSSR count). The van der Waals surface area contributed by atoms with Gasteiger partial charge in [-0.05, 0) is 73.6 Å². The van der Waals surface area contributed by atoms with E-state index in [4.69, 9.17) is 11.6 Å². The molecule has 2 aliphatic rings. The van der Waals surface area contributed by atoms with Gasteiger partial charge in [0.2, 0.25) is 0 Å². The second kappa shape index (κ2) is 11.9. The molecule has 2 heterocycles. The molecule has 0 radical (unpaired) electrons. The average molecular weight is 516 g/mol. The normalized spacial score (nSPS) is 19.7. The lowest BCUT2D eigenvalue weighted by molar-refractivity contribution is -0.127. The Balaban J connectivity index is 1.23. The summed E-state index contributed by atoms with van der Waals surface area (Å²) in [7, 11) is 0. The van der Waals surface area contributed by atoms with E-state index in [1.54, 1.807) is 0 Å². The molecule has 2 atom stereocenters. The number of piperidine rings is 1. The third kappa shape index (κ3) is 6.41. The van der Waals surface area contributed by atoms with Crippen molar-refractivity contribution in [2.45, 2.75) is 43.6 Å². The van der Waals surface area contributed by atoms with Crippen molar-refractivity contribution in [3.8, 4) is 0 Å². The van der Waals surface area contributed by atoms with Crippen LogP contribution in [0.25, 0.3) is 0 Å². The molecule has 3 aromatic carbocycles. The van der Waals surface area contributed by atoms with Crippen molar-refractivity contribution in [3.05, 3.63) is 107 Å². The minimum absolute atomic E-state index is 0.0238. The van der Waals surface area contributed by atoms with Crippen molar-refractivity contribution >= 4 is 23.5 Å². The quantitative estimate of drug-likeness (QED) is 0.363. The van der Waals surface area contributed by atoms with Gasteiger partial charge in [-0.1, -0.05) is 84.4 Å². The van der Waals surface area contributed by atoms with Gasteiger partial charge in [0.1, 0.15) is 6.04 Å². The molecule has 1 unspecified atom stereocenters. The van der Waals surface area contributed by atoms with E-state index in [0.29, 0.717) is 23.9 Å². The van der Waals surface area contributed by atoms with E-state index in [0.717, 1.165) is 50.0 Å². The maximum atomic E-state index is 13.2. The topological polar surface area (TPSA) is 52.7 Å². The first kappa shape index (κ1) is 25.5. The predicted molar refractivity (Wildman–Crippen MR) is 148 cm³/mol. The summed E-state index contributed by atoms with van der Waals surface area (Å²) in [6.45, 7) is 3.40. The Hall–Kier alpha value is -3.15. The summed E-state index contributed by atoms with van der Waals surface area (Å²) in [6, 6.07) is 27.6. The highest BCUT2D eigenvalue weighted by molar-refractivity contribution is 6.30. The number of urea groups is 1. The highest BCUT2D eigenvalue weighted by Gasteiger charge is 2.39. The van der Waals surface area contributed by atoms with Crippen molar-refractivity contribution in [1.82, 2.24) is 15.1 Å². The Morgan fingerprint density at radius 2 is 1.59 bits per heavy atom. The Morgan fingerprint density at radius 3 is 2.30 bits per heavy atom. The number of rotatable bonds is 9. The van der Waals surface area contributed by atoms with Crippen LogP contribution < -0.4 is 5.32 Å². The Labute approximate surface area is 224 Å². The van der Waals surface area contributed by atoms with Gasteiger partial charge in [-0.25, -0.2) is 4.79 Å². The van der Waals surface area contributed by atoms with Crippen LogP contribution in [0.15, 0.2) is 84.9 Å². The van der Waals surface area contributed by atoms with Crippen LogP contribution in [-0.2, 0) is 11.2 Å². The van der Waals surface area contributed by atoms with Gasteiger partial charge < -0.3 is 10.2 Å². The summed E-state index contributed by atoms with van der Waals surface area (Å²) in [5, 5.41) is 3.57. The zero-order valence-corrected chi connectivity index (χ0v) is 21.8. The largest absolute Gasteiger partial charge is 0.325 e. The van der Waals surface area contributed by atoms with Crippen molar-refractivity contribution in [2.75, 3.05) is 26.2 Å². The fraction of sp³-hybridized carbons (Fsp3) is 0.355. The molecule has 6 heteroatoms. The van der Waals surface area contributed by atoms with Crippen LogP contribution in [0, 0.1) is 0 Å². The van der Waals surface area contributed by atoms with Crippen LogP contribution in [0.4, 0.5) is 4.79 Å². The number of imide groups is 1. The van der Waals surface area contributed by atoms with Crippen molar-refractivity contribution in [2.24, 2.45) is 0 Å². The van der Waals surface area contributed by atoms with Gasteiger partial charge >= 0.3 is 6.03 Å². The number of hydrogen-bond acceptors (Lipinski definition) is 3. The summed E-state index contributed by atoms with van der Waals surface area (Å²) in [5.74, 6) is 0.494. The molecular formula is C31H34ClN3O2. The summed E-state index contributed by atoms with van der Waals surface area (Å²) in [6.07, 6.45) is 3.66. The highest BCUT2D eigenvalue weighted by atomic mass is 35.5.